The molecular formula is C13H15Cl2NO3. The average molecular weight is 304 g/mol. The number of halogens is 2. The molecule has 2 rings (SSSR count). The second kappa shape index (κ2) is 5.99. The van der Waals surface area contributed by atoms with Gasteiger partial charge in [0, 0.05) is 6.54 Å². The molecule has 1 aromatic carbocycles. The maximum Gasteiger partial charge on any atom is 0.259 e. The van der Waals surface area contributed by atoms with E-state index in [1.54, 1.807) is 17.0 Å². The van der Waals surface area contributed by atoms with Gasteiger partial charge in [0.25, 0.3) is 5.91 Å². The molecule has 1 atom stereocenters. The van der Waals surface area contributed by atoms with Gasteiger partial charge in [-0.2, -0.15) is 0 Å². The molecule has 1 amide bonds. The lowest BCUT2D eigenvalue weighted by Gasteiger charge is -2.33. The lowest BCUT2D eigenvalue weighted by Crippen LogP contribution is -2.47. The number of amides is 1. The van der Waals surface area contributed by atoms with Crippen LogP contribution >= 0.6 is 23.2 Å². The molecule has 1 unspecified atom stereocenters. The molecule has 1 aromatic rings. The van der Waals surface area contributed by atoms with E-state index in [0.29, 0.717) is 41.1 Å². The third-order valence-electron chi connectivity index (χ3n) is 3.11. The topological polar surface area (TPSA) is 38.8 Å². The van der Waals surface area contributed by atoms with Gasteiger partial charge >= 0.3 is 0 Å². The first kappa shape index (κ1) is 14.4. The van der Waals surface area contributed by atoms with Gasteiger partial charge in [0.05, 0.1) is 36.4 Å². The summed E-state index contributed by atoms with van der Waals surface area (Å²) in [6, 6.07) is 3.22. The van der Waals surface area contributed by atoms with Gasteiger partial charge in [-0.15, -0.1) is 0 Å². The largest absolute Gasteiger partial charge is 0.494 e. The summed E-state index contributed by atoms with van der Waals surface area (Å²) in [5.41, 5.74) is 0.311. The number of hydrogen-bond donors (Lipinski definition) is 0. The molecule has 19 heavy (non-hydrogen) atoms. The number of morpholine rings is 1. The van der Waals surface area contributed by atoms with Crippen LogP contribution in [0.25, 0.3) is 0 Å². The third kappa shape index (κ3) is 2.81. The van der Waals surface area contributed by atoms with Crippen molar-refractivity contribution < 1.29 is 14.3 Å². The number of hydrogen-bond acceptors (Lipinski definition) is 3. The summed E-state index contributed by atoms with van der Waals surface area (Å²) < 4.78 is 10.5. The second-order valence-electron chi connectivity index (χ2n) is 4.36. The lowest BCUT2D eigenvalue weighted by molar-refractivity contribution is 0.00345. The first-order valence-electron chi connectivity index (χ1n) is 5.97. The van der Waals surface area contributed by atoms with Gasteiger partial charge in [-0.25, -0.2) is 0 Å². The van der Waals surface area contributed by atoms with Gasteiger partial charge in [-0.05, 0) is 19.1 Å². The average Bonchev–Trinajstić information content (AvgIpc) is 2.41. The summed E-state index contributed by atoms with van der Waals surface area (Å²) in [7, 11) is 1.47. The van der Waals surface area contributed by atoms with E-state index in [1.165, 1.54) is 7.11 Å². The molecule has 1 aliphatic rings. The highest BCUT2D eigenvalue weighted by atomic mass is 35.5. The molecule has 6 heteroatoms. The highest BCUT2D eigenvalue weighted by molar-refractivity contribution is 6.37. The van der Waals surface area contributed by atoms with E-state index in [1.807, 2.05) is 6.92 Å². The van der Waals surface area contributed by atoms with Crippen LogP contribution in [0.2, 0.25) is 10.0 Å². The molecular weight excluding hydrogens is 289 g/mol. The number of ether oxygens (including phenoxy) is 2. The Kier molecular flexibility index (Phi) is 4.55. The van der Waals surface area contributed by atoms with Gasteiger partial charge < -0.3 is 14.4 Å². The summed E-state index contributed by atoms with van der Waals surface area (Å²) in [5.74, 6) is 0.137. The molecule has 0 bridgehead atoms. The van der Waals surface area contributed by atoms with Crippen LogP contribution in [0.5, 0.6) is 5.75 Å². The van der Waals surface area contributed by atoms with E-state index in [2.05, 4.69) is 0 Å². The molecule has 0 saturated carbocycles. The fraction of sp³-hybridized carbons (Fsp3) is 0.462. The highest BCUT2D eigenvalue weighted by Gasteiger charge is 2.29. The Morgan fingerprint density at radius 2 is 2.11 bits per heavy atom. The van der Waals surface area contributed by atoms with Crippen molar-refractivity contribution in [2.24, 2.45) is 0 Å². The Labute approximate surface area is 122 Å². The van der Waals surface area contributed by atoms with Crippen molar-refractivity contribution in [2.75, 3.05) is 26.9 Å². The summed E-state index contributed by atoms with van der Waals surface area (Å²) >= 11 is 12.2. The summed E-state index contributed by atoms with van der Waals surface area (Å²) in [5, 5.41) is 0.709. The van der Waals surface area contributed by atoms with Gasteiger partial charge in [-0.1, -0.05) is 23.2 Å². The van der Waals surface area contributed by atoms with E-state index in [-0.39, 0.29) is 11.9 Å². The molecule has 1 aliphatic heterocycles. The van der Waals surface area contributed by atoms with Crippen molar-refractivity contribution in [1.29, 1.82) is 0 Å². The highest BCUT2D eigenvalue weighted by Crippen LogP contribution is 2.35. The predicted octanol–water partition coefficient (Wildman–Crippen LogP) is 2.86. The fourth-order valence-corrected chi connectivity index (χ4v) is 2.57. The normalized spacial score (nSPS) is 19.4. The summed E-state index contributed by atoms with van der Waals surface area (Å²) in [6.07, 6.45) is 0. The van der Waals surface area contributed by atoms with E-state index in [9.17, 15) is 4.79 Å². The Morgan fingerprint density at radius 1 is 1.42 bits per heavy atom. The molecule has 4 nitrogen and oxygen atoms in total. The quantitative estimate of drug-likeness (QED) is 0.843. The number of carbonyl (C=O) groups is 1. The monoisotopic (exact) mass is 303 g/mol. The van der Waals surface area contributed by atoms with Crippen molar-refractivity contribution in [2.45, 2.75) is 13.0 Å². The molecule has 1 heterocycles. The number of methoxy groups -OCH3 is 1. The Morgan fingerprint density at radius 3 is 2.74 bits per heavy atom. The number of nitrogens with zero attached hydrogens (tertiary/aromatic N) is 1. The van der Waals surface area contributed by atoms with Gasteiger partial charge in [0.1, 0.15) is 5.56 Å². The lowest BCUT2D eigenvalue weighted by atomic mass is 10.1. The minimum atomic E-state index is -0.180. The van der Waals surface area contributed by atoms with Gasteiger partial charge in [-0.3, -0.25) is 4.79 Å². The zero-order chi connectivity index (χ0) is 14.0. The Balaban J connectivity index is 2.40. The van der Waals surface area contributed by atoms with Crippen LogP contribution < -0.4 is 4.74 Å². The molecule has 0 N–H and O–H groups in total. The van der Waals surface area contributed by atoms with Crippen LogP contribution in [0.15, 0.2) is 12.1 Å². The SMILES string of the molecule is COc1c(Cl)ccc(Cl)c1C(=O)N1CCOCC1C. The summed E-state index contributed by atoms with van der Waals surface area (Å²) in [4.78, 5) is 14.3. The van der Waals surface area contributed by atoms with Crippen LogP contribution in [0, 0.1) is 0 Å². The maximum absolute atomic E-state index is 12.6. The smallest absolute Gasteiger partial charge is 0.259 e. The van der Waals surface area contributed by atoms with Gasteiger partial charge in [0.2, 0.25) is 0 Å². The van der Waals surface area contributed by atoms with Crippen LogP contribution in [0.1, 0.15) is 17.3 Å². The fourth-order valence-electron chi connectivity index (χ4n) is 2.10. The van der Waals surface area contributed by atoms with Crippen molar-refractivity contribution in [3.8, 4) is 5.75 Å². The number of benzene rings is 1. The molecule has 0 aliphatic carbocycles. The van der Waals surface area contributed by atoms with Crippen LogP contribution in [0.4, 0.5) is 0 Å². The van der Waals surface area contributed by atoms with E-state index in [0.717, 1.165) is 0 Å². The number of carbonyl (C=O) groups excluding carboxylic acids is 1. The molecule has 1 saturated heterocycles. The second-order valence-corrected chi connectivity index (χ2v) is 5.17. The first-order chi connectivity index (χ1) is 9.06. The Bertz CT molecular complexity index is 493. The zero-order valence-electron chi connectivity index (χ0n) is 10.8. The third-order valence-corrected chi connectivity index (χ3v) is 3.72. The molecule has 0 aromatic heterocycles. The van der Waals surface area contributed by atoms with Crippen LogP contribution in [-0.4, -0.2) is 43.7 Å². The van der Waals surface area contributed by atoms with Crippen molar-refractivity contribution in [3.05, 3.63) is 27.7 Å². The zero-order valence-corrected chi connectivity index (χ0v) is 12.3. The Hall–Kier alpha value is -0.970. The van der Waals surface area contributed by atoms with Gasteiger partial charge in [0.15, 0.2) is 5.75 Å². The van der Waals surface area contributed by atoms with E-state index >= 15 is 0 Å². The minimum Gasteiger partial charge on any atom is -0.494 e. The molecule has 0 spiro atoms. The maximum atomic E-state index is 12.6. The summed E-state index contributed by atoms with van der Waals surface area (Å²) in [6.45, 7) is 3.51. The standard InChI is InChI=1S/C13H15Cl2NO3/c1-8-7-19-6-5-16(8)13(17)11-9(14)3-4-10(15)12(11)18-2/h3-4,8H,5-7H2,1-2H3. The molecule has 1 fully saturated rings. The first-order valence-corrected chi connectivity index (χ1v) is 6.72. The molecule has 0 radical (unpaired) electrons. The predicted molar refractivity (Wildman–Crippen MR) is 74.3 cm³/mol. The van der Waals surface area contributed by atoms with Crippen molar-refractivity contribution >= 4 is 29.1 Å². The van der Waals surface area contributed by atoms with Crippen molar-refractivity contribution in [3.63, 3.8) is 0 Å². The van der Waals surface area contributed by atoms with Crippen LogP contribution in [0.3, 0.4) is 0 Å². The van der Waals surface area contributed by atoms with E-state index in [4.69, 9.17) is 32.7 Å². The van der Waals surface area contributed by atoms with Crippen LogP contribution in [-0.2, 0) is 4.74 Å². The van der Waals surface area contributed by atoms with Crippen molar-refractivity contribution in [1.82, 2.24) is 4.90 Å². The van der Waals surface area contributed by atoms with E-state index < -0.39 is 0 Å². The molecule has 104 valence electrons. The number of rotatable bonds is 2. The minimum absolute atomic E-state index is 0.000930.